The van der Waals surface area contributed by atoms with Crippen molar-refractivity contribution in [1.82, 2.24) is 0 Å². The second kappa shape index (κ2) is 8.38. The summed E-state index contributed by atoms with van der Waals surface area (Å²) in [6.45, 7) is 5.45. The molecular weight excluding hydrogens is 402 g/mol. The summed E-state index contributed by atoms with van der Waals surface area (Å²) < 4.78 is 5.74. The first kappa shape index (κ1) is 22.0. The van der Waals surface area contributed by atoms with E-state index in [1.54, 1.807) is 24.3 Å². The van der Waals surface area contributed by atoms with Gasteiger partial charge in [-0.25, -0.2) is 9.69 Å². The van der Waals surface area contributed by atoms with Gasteiger partial charge in [0.15, 0.2) is 0 Å². The number of benzene rings is 2. The van der Waals surface area contributed by atoms with Crippen molar-refractivity contribution < 1.29 is 19.1 Å². The molecule has 1 saturated heterocycles. The number of hydrogen-bond acceptors (Lipinski definition) is 4. The SMILES string of the molecule is CC(C)(C)OC(=O)C1=CC(c2ccccc2)CCC12CCC(=O)N(c1ccccc1)C2=O. The van der Waals surface area contributed by atoms with Crippen LogP contribution in [0, 0.1) is 5.41 Å². The number of nitrogens with zero attached hydrogens (tertiary/aromatic N) is 1. The number of ether oxygens (including phenoxy) is 1. The first-order valence-electron chi connectivity index (χ1n) is 11.1. The molecule has 2 aliphatic rings. The number of carbonyl (C=O) groups is 3. The Labute approximate surface area is 189 Å². The zero-order valence-corrected chi connectivity index (χ0v) is 18.8. The Balaban J connectivity index is 1.79. The van der Waals surface area contributed by atoms with Gasteiger partial charge in [-0.3, -0.25) is 9.59 Å². The summed E-state index contributed by atoms with van der Waals surface area (Å²) in [5.74, 6) is -1.03. The van der Waals surface area contributed by atoms with Crippen LogP contribution in [0.1, 0.15) is 57.9 Å². The molecule has 0 N–H and O–H groups in total. The van der Waals surface area contributed by atoms with Crippen LogP contribution in [0.25, 0.3) is 0 Å². The lowest BCUT2D eigenvalue weighted by Gasteiger charge is -2.44. The van der Waals surface area contributed by atoms with Crippen LogP contribution in [0.5, 0.6) is 0 Å². The minimum atomic E-state index is -1.06. The summed E-state index contributed by atoms with van der Waals surface area (Å²) in [6.07, 6.45) is 3.65. The average molecular weight is 432 g/mol. The number of imide groups is 1. The molecule has 1 heterocycles. The number of para-hydroxylation sites is 1. The van der Waals surface area contributed by atoms with Crippen molar-refractivity contribution in [2.24, 2.45) is 5.41 Å². The second-order valence-electron chi connectivity index (χ2n) is 9.59. The Morgan fingerprint density at radius 2 is 1.59 bits per heavy atom. The molecule has 1 aliphatic carbocycles. The van der Waals surface area contributed by atoms with Crippen LogP contribution < -0.4 is 4.90 Å². The summed E-state index contributed by atoms with van der Waals surface area (Å²) in [5, 5.41) is 0. The van der Waals surface area contributed by atoms with Gasteiger partial charge < -0.3 is 4.74 Å². The van der Waals surface area contributed by atoms with Gasteiger partial charge in [-0.1, -0.05) is 54.6 Å². The first-order valence-corrected chi connectivity index (χ1v) is 11.1. The number of esters is 1. The molecule has 2 atom stereocenters. The topological polar surface area (TPSA) is 63.7 Å². The van der Waals surface area contributed by atoms with Gasteiger partial charge in [0.25, 0.3) is 0 Å². The van der Waals surface area contributed by atoms with Gasteiger partial charge in [-0.05, 0) is 57.7 Å². The normalized spacial score (nSPS) is 23.8. The molecule has 32 heavy (non-hydrogen) atoms. The highest BCUT2D eigenvalue weighted by Crippen LogP contribution is 2.50. The van der Waals surface area contributed by atoms with Crippen LogP contribution in [-0.2, 0) is 19.1 Å². The number of anilines is 1. The number of carbonyl (C=O) groups excluding carboxylic acids is 3. The maximum atomic E-state index is 13.9. The fraction of sp³-hybridized carbons (Fsp3) is 0.370. The molecule has 2 aromatic carbocycles. The van der Waals surface area contributed by atoms with Crippen LogP contribution in [-0.4, -0.2) is 23.4 Å². The van der Waals surface area contributed by atoms with Gasteiger partial charge in [0.1, 0.15) is 5.60 Å². The van der Waals surface area contributed by atoms with E-state index >= 15 is 0 Å². The summed E-state index contributed by atoms with van der Waals surface area (Å²) in [5.41, 5.74) is 0.270. The van der Waals surface area contributed by atoms with Gasteiger partial charge >= 0.3 is 5.97 Å². The van der Waals surface area contributed by atoms with E-state index in [0.29, 0.717) is 24.1 Å². The van der Waals surface area contributed by atoms with E-state index in [-0.39, 0.29) is 24.2 Å². The quantitative estimate of drug-likeness (QED) is 0.497. The molecule has 2 aromatic rings. The molecule has 1 fully saturated rings. The van der Waals surface area contributed by atoms with E-state index in [2.05, 4.69) is 0 Å². The lowest BCUT2D eigenvalue weighted by atomic mass is 9.64. The zero-order valence-electron chi connectivity index (χ0n) is 18.8. The van der Waals surface area contributed by atoms with Crippen LogP contribution in [0.4, 0.5) is 5.69 Å². The van der Waals surface area contributed by atoms with Gasteiger partial charge in [-0.15, -0.1) is 0 Å². The number of allylic oxidation sites excluding steroid dienone is 1. The van der Waals surface area contributed by atoms with E-state index in [4.69, 9.17) is 4.74 Å². The molecular formula is C27H29NO4. The minimum absolute atomic E-state index is 0.0138. The summed E-state index contributed by atoms with van der Waals surface area (Å²) in [6, 6.07) is 18.9. The van der Waals surface area contributed by atoms with Crippen LogP contribution in [0.2, 0.25) is 0 Å². The Bertz CT molecular complexity index is 1050. The smallest absolute Gasteiger partial charge is 0.335 e. The van der Waals surface area contributed by atoms with Gasteiger partial charge in [-0.2, -0.15) is 0 Å². The predicted molar refractivity (Wildman–Crippen MR) is 123 cm³/mol. The van der Waals surface area contributed by atoms with Crippen LogP contribution in [0.3, 0.4) is 0 Å². The van der Waals surface area contributed by atoms with Crippen molar-refractivity contribution in [2.75, 3.05) is 4.90 Å². The lowest BCUT2D eigenvalue weighted by Crippen LogP contribution is -2.55. The van der Waals surface area contributed by atoms with E-state index in [0.717, 1.165) is 12.0 Å². The van der Waals surface area contributed by atoms with E-state index in [1.165, 1.54) is 4.90 Å². The van der Waals surface area contributed by atoms with Crippen LogP contribution in [0.15, 0.2) is 72.3 Å². The highest BCUT2D eigenvalue weighted by molar-refractivity contribution is 6.21. The van der Waals surface area contributed by atoms with Crippen LogP contribution >= 0.6 is 0 Å². The fourth-order valence-electron chi connectivity index (χ4n) is 4.73. The molecule has 2 unspecified atom stereocenters. The number of rotatable bonds is 3. The Morgan fingerprint density at radius 3 is 2.22 bits per heavy atom. The van der Waals surface area contributed by atoms with Crippen molar-refractivity contribution >= 4 is 23.5 Å². The van der Waals surface area contributed by atoms with Crippen molar-refractivity contribution in [2.45, 2.75) is 58.0 Å². The second-order valence-corrected chi connectivity index (χ2v) is 9.59. The predicted octanol–water partition coefficient (Wildman–Crippen LogP) is 5.17. The summed E-state index contributed by atoms with van der Waals surface area (Å²) >= 11 is 0. The monoisotopic (exact) mass is 431 g/mol. The van der Waals surface area contributed by atoms with Crippen molar-refractivity contribution in [1.29, 1.82) is 0 Å². The molecule has 0 aromatic heterocycles. The average Bonchev–Trinajstić information content (AvgIpc) is 2.77. The van der Waals surface area contributed by atoms with E-state index in [9.17, 15) is 14.4 Å². The maximum Gasteiger partial charge on any atom is 0.335 e. The Kier molecular flexibility index (Phi) is 5.76. The molecule has 5 nitrogen and oxygen atoms in total. The molecule has 2 amide bonds. The van der Waals surface area contributed by atoms with Gasteiger partial charge in [0.05, 0.1) is 11.1 Å². The van der Waals surface area contributed by atoms with E-state index < -0.39 is 17.0 Å². The highest BCUT2D eigenvalue weighted by atomic mass is 16.6. The third-order valence-corrected chi connectivity index (χ3v) is 6.25. The van der Waals surface area contributed by atoms with Crippen molar-refractivity contribution in [3.8, 4) is 0 Å². The van der Waals surface area contributed by atoms with E-state index in [1.807, 2.05) is 63.2 Å². The third kappa shape index (κ3) is 4.12. The zero-order chi connectivity index (χ0) is 22.9. The molecule has 5 heteroatoms. The molecule has 0 saturated carbocycles. The van der Waals surface area contributed by atoms with Gasteiger partial charge in [0.2, 0.25) is 11.8 Å². The number of amides is 2. The summed E-state index contributed by atoms with van der Waals surface area (Å²) in [4.78, 5) is 41.3. The first-order chi connectivity index (χ1) is 15.2. The molecule has 166 valence electrons. The molecule has 4 rings (SSSR count). The molecule has 0 bridgehead atoms. The third-order valence-electron chi connectivity index (χ3n) is 6.25. The lowest BCUT2D eigenvalue weighted by molar-refractivity contribution is -0.154. The fourth-order valence-corrected chi connectivity index (χ4v) is 4.73. The van der Waals surface area contributed by atoms with Crippen molar-refractivity contribution in [3.05, 3.63) is 77.9 Å². The maximum absolute atomic E-state index is 13.9. The molecule has 1 spiro atoms. The standard InChI is InChI=1S/C27H29NO4/c1-26(2,3)32-24(30)22-18-20(19-10-6-4-7-11-19)14-16-27(22)17-15-23(29)28(25(27)31)21-12-8-5-9-13-21/h4-13,18,20H,14-17H2,1-3H3. The van der Waals surface area contributed by atoms with Gasteiger partial charge in [0, 0.05) is 17.9 Å². The summed E-state index contributed by atoms with van der Waals surface area (Å²) in [7, 11) is 0. The highest BCUT2D eigenvalue weighted by Gasteiger charge is 2.54. The molecule has 0 radical (unpaired) electrons. The molecule has 1 aliphatic heterocycles. The number of hydrogen-bond donors (Lipinski definition) is 0. The Morgan fingerprint density at radius 1 is 0.969 bits per heavy atom. The largest absolute Gasteiger partial charge is 0.457 e. The Hall–Kier alpha value is -3.21. The van der Waals surface area contributed by atoms with Crippen molar-refractivity contribution in [3.63, 3.8) is 0 Å². The minimum Gasteiger partial charge on any atom is -0.457 e. The number of piperidine rings is 1.